The van der Waals surface area contributed by atoms with Gasteiger partial charge in [0.2, 0.25) is 5.82 Å². The molecule has 4 rings (SSSR count). The molecule has 0 bridgehead atoms. The maximum absolute atomic E-state index is 13.9. The summed E-state index contributed by atoms with van der Waals surface area (Å²) in [4.78, 5) is 19.5. The average molecular weight is 438 g/mol. The molecular formula is C24H20F2N2O4. The van der Waals surface area contributed by atoms with Gasteiger partial charge in [-0.3, -0.25) is 4.79 Å². The molecule has 0 spiro atoms. The number of aromatic nitrogens is 2. The molecule has 3 aromatic carbocycles. The normalized spacial score (nSPS) is 11.0. The third-order valence-corrected chi connectivity index (χ3v) is 5.00. The van der Waals surface area contributed by atoms with Crippen molar-refractivity contribution in [2.24, 2.45) is 0 Å². The smallest absolute Gasteiger partial charge is 0.259 e. The van der Waals surface area contributed by atoms with Crippen LogP contribution in [0.25, 0.3) is 22.3 Å². The van der Waals surface area contributed by atoms with Crippen LogP contribution in [0.2, 0.25) is 0 Å². The van der Waals surface area contributed by atoms with Gasteiger partial charge >= 0.3 is 0 Å². The van der Waals surface area contributed by atoms with Gasteiger partial charge in [0.1, 0.15) is 30.5 Å². The topological polar surface area (TPSA) is 84.4 Å². The molecule has 0 fully saturated rings. The Morgan fingerprint density at radius 3 is 2.56 bits per heavy atom. The van der Waals surface area contributed by atoms with E-state index in [1.807, 2.05) is 0 Å². The van der Waals surface area contributed by atoms with Gasteiger partial charge in [-0.2, -0.15) is 4.39 Å². The summed E-state index contributed by atoms with van der Waals surface area (Å²) in [6, 6.07) is 12.4. The fourth-order valence-electron chi connectivity index (χ4n) is 3.33. The van der Waals surface area contributed by atoms with Crippen LogP contribution in [-0.4, -0.2) is 28.3 Å². The average Bonchev–Trinajstić information content (AvgIpc) is 2.77. The van der Waals surface area contributed by atoms with Crippen molar-refractivity contribution in [3.05, 3.63) is 81.6 Å². The molecule has 0 radical (unpaired) electrons. The van der Waals surface area contributed by atoms with Crippen LogP contribution in [-0.2, 0) is 0 Å². The quantitative estimate of drug-likeness (QED) is 0.428. The first-order chi connectivity index (χ1) is 15.3. The maximum Gasteiger partial charge on any atom is 0.259 e. The zero-order valence-electron chi connectivity index (χ0n) is 17.4. The minimum atomic E-state index is -1.04. The summed E-state index contributed by atoms with van der Waals surface area (Å²) in [6.07, 6.45) is 0. The molecular weight excluding hydrogens is 418 g/mol. The number of nitrogens with zero attached hydrogens (tertiary/aromatic N) is 1. The molecule has 0 atom stereocenters. The van der Waals surface area contributed by atoms with Crippen LogP contribution in [0.15, 0.2) is 53.3 Å². The number of halogens is 2. The molecule has 0 unspecified atom stereocenters. The Labute approximate surface area is 182 Å². The van der Waals surface area contributed by atoms with Crippen molar-refractivity contribution in [1.29, 1.82) is 0 Å². The van der Waals surface area contributed by atoms with Gasteiger partial charge in [0.15, 0.2) is 11.6 Å². The molecule has 6 nitrogen and oxygen atoms in total. The van der Waals surface area contributed by atoms with E-state index in [1.54, 1.807) is 44.2 Å². The third kappa shape index (κ3) is 4.12. The number of benzene rings is 3. The largest absolute Gasteiger partial charge is 0.507 e. The number of aromatic amines is 1. The predicted molar refractivity (Wildman–Crippen MR) is 116 cm³/mol. The van der Waals surface area contributed by atoms with Crippen LogP contribution < -0.4 is 15.0 Å². The minimum Gasteiger partial charge on any atom is -0.507 e. The fraction of sp³-hybridized carbons (Fsp3) is 0.167. The molecule has 164 valence electrons. The van der Waals surface area contributed by atoms with Crippen LogP contribution in [0.5, 0.6) is 17.2 Å². The molecule has 2 N–H and O–H groups in total. The number of H-pyrrole nitrogens is 1. The first-order valence-corrected chi connectivity index (χ1v) is 9.88. The van der Waals surface area contributed by atoms with Crippen molar-refractivity contribution < 1.29 is 23.4 Å². The number of fused-ring (bicyclic) bond motifs is 1. The second-order valence-corrected chi connectivity index (χ2v) is 7.27. The van der Waals surface area contributed by atoms with Crippen molar-refractivity contribution >= 4 is 10.9 Å². The van der Waals surface area contributed by atoms with Gasteiger partial charge < -0.3 is 19.6 Å². The number of rotatable bonds is 6. The molecule has 0 saturated carbocycles. The van der Waals surface area contributed by atoms with Crippen molar-refractivity contribution in [3.8, 4) is 28.6 Å². The summed E-state index contributed by atoms with van der Waals surface area (Å²) >= 11 is 0. The van der Waals surface area contributed by atoms with E-state index in [0.717, 1.165) is 6.07 Å². The highest BCUT2D eigenvalue weighted by molar-refractivity contribution is 5.80. The van der Waals surface area contributed by atoms with Crippen LogP contribution in [0, 0.1) is 25.5 Å². The highest BCUT2D eigenvalue weighted by Gasteiger charge is 2.15. The second-order valence-electron chi connectivity index (χ2n) is 7.27. The van der Waals surface area contributed by atoms with Gasteiger partial charge in [-0.25, -0.2) is 9.37 Å². The van der Waals surface area contributed by atoms with E-state index >= 15 is 0 Å². The van der Waals surface area contributed by atoms with E-state index in [1.165, 1.54) is 12.1 Å². The van der Waals surface area contributed by atoms with Crippen LogP contribution in [0.1, 0.15) is 11.1 Å². The van der Waals surface area contributed by atoms with Gasteiger partial charge in [0.25, 0.3) is 5.56 Å². The molecule has 0 saturated heterocycles. The summed E-state index contributed by atoms with van der Waals surface area (Å²) in [6.45, 7) is 3.38. The predicted octanol–water partition coefficient (Wildman–Crippen LogP) is 4.65. The number of hydrogen-bond acceptors (Lipinski definition) is 5. The lowest BCUT2D eigenvalue weighted by Gasteiger charge is -2.14. The summed E-state index contributed by atoms with van der Waals surface area (Å²) in [7, 11) is 0. The molecule has 0 aliphatic carbocycles. The van der Waals surface area contributed by atoms with E-state index in [4.69, 9.17) is 9.47 Å². The van der Waals surface area contributed by atoms with E-state index < -0.39 is 11.6 Å². The molecule has 8 heteroatoms. The number of nitrogens with one attached hydrogen (secondary N) is 1. The summed E-state index contributed by atoms with van der Waals surface area (Å²) in [5.74, 6) is -1.63. The number of phenols is 1. The number of para-hydroxylation sites is 1. The molecule has 1 heterocycles. The standard InChI is InChI=1S/C24H20F2N2O4/c1-13-7-8-17(25)21(26)22(13)32-10-9-31-20-12-16(19(29)11-14(20)2)23-27-18-6-4-3-5-15(18)24(30)28-23/h3-8,11-12,29H,9-10H2,1-2H3,(H,27,28,30). The van der Waals surface area contributed by atoms with Crippen molar-refractivity contribution in [1.82, 2.24) is 9.97 Å². The summed E-state index contributed by atoms with van der Waals surface area (Å²) in [5, 5.41) is 10.9. The van der Waals surface area contributed by atoms with Crippen LogP contribution in [0.4, 0.5) is 8.78 Å². The Balaban J connectivity index is 1.55. The van der Waals surface area contributed by atoms with E-state index in [2.05, 4.69) is 9.97 Å². The van der Waals surface area contributed by atoms with Gasteiger partial charge in [-0.1, -0.05) is 18.2 Å². The molecule has 32 heavy (non-hydrogen) atoms. The SMILES string of the molecule is Cc1cc(O)c(-c2nc3ccccc3c(=O)[nH]2)cc1OCCOc1c(C)ccc(F)c1F. The van der Waals surface area contributed by atoms with Crippen LogP contribution in [0.3, 0.4) is 0 Å². The Morgan fingerprint density at radius 2 is 1.75 bits per heavy atom. The van der Waals surface area contributed by atoms with Gasteiger partial charge in [0, 0.05) is 0 Å². The van der Waals surface area contributed by atoms with Crippen LogP contribution >= 0.6 is 0 Å². The van der Waals surface area contributed by atoms with Gasteiger partial charge in [-0.15, -0.1) is 0 Å². The number of hydrogen-bond donors (Lipinski definition) is 2. The Hall–Kier alpha value is -3.94. The van der Waals surface area contributed by atoms with Crippen molar-refractivity contribution in [3.63, 3.8) is 0 Å². The summed E-state index contributed by atoms with van der Waals surface area (Å²) in [5.41, 5.74) is 1.57. The first kappa shape index (κ1) is 21.3. The minimum absolute atomic E-state index is 0.0259. The summed E-state index contributed by atoms with van der Waals surface area (Å²) < 4.78 is 38.4. The Bertz CT molecular complexity index is 1370. The van der Waals surface area contributed by atoms with Crippen molar-refractivity contribution in [2.45, 2.75) is 13.8 Å². The molecule has 0 aliphatic heterocycles. The Kier molecular flexibility index (Phi) is 5.77. The number of ether oxygens (including phenoxy) is 2. The van der Waals surface area contributed by atoms with Gasteiger partial charge in [0.05, 0.1) is 16.5 Å². The van der Waals surface area contributed by atoms with E-state index in [9.17, 15) is 18.7 Å². The second kappa shape index (κ2) is 8.66. The fourth-order valence-corrected chi connectivity index (χ4v) is 3.33. The highest BCUT2D eigenvalue weighted by Crippen LogP contribution is 2.33. The maximum atomic E-state index is 13.9. The lowest BCUT2D eigenvalue weighted by molar-refractivity contribution is 0.208. The lowest BCUT2D eigenvalue weighted by atomic mass is 10.1. The molecule has 4 aromatic rings. The zero-order valence-corrected chi connectivity index (χ0v) is 17.4. The molecule has 1 aromatic heterocycles. The molecule has 0 amide bonds. The Morgan fingerprint density at radius 1 is 1.00 bits per heavy atom. The number of aromatic hydroxyl groups is 1. The van der Waals surface area contributed by atoms with E-state index in [-0.39, 0.29) is 36.1 Å². The molecule has 0 aliphatic rings. The monoisotopic (exact) mass is 438 g/mol. The van der Waals surface area contributed by atoms with Gasteiger partial charge in [-0.05, 0) is 55.3 Å². The highest BCUT2D eigenvalue weighted by atomic mass is 19.2. The first-order valence-electron chi connectivity index (χ1n) is 9.88. The number of aryl methyl sites for hydroxylation is 2. The van der Waals surface area contributed by atoms with Crippen molar-refractivity contribution in [2.75, 3.05) is 13.2 Å². The lowest BCUT2D eigenvalue weighted by Crippen LogP contribution is -2.12. The number of phenolic OH excluding ortho intramolecular Hbond substituents is 1. The van der Waals surface area contributed by atoms with E-state index in [0.29, 0.717) is 33.3 Å². The zero-order chi connectivity index (χ0) is 22.8. The third-order valence-electron chi connectivity index (χ3n) is 5.00.